The minimum Gasteiger partial charge on any atom is -0.466 e. The molecule has 6 nitrogen and oxygen atoms in total. The Morgan fingerprint density at radius 1 is 1.38 bits per heavy atom. The molecule has 0 saturated carbocycles. The Labute approximate surface area is 127 Å². The van der Waals surface area contributed by atoms with Crippen molar-refractivity contribution in [2.24, 2.45) is 5.84 Å². The lowest BCUT2D eigenvalue weighted by atomic mass is 10.1. The van der Waals surface area contributed by atoms with Crippen LogP contribution in [0.5, 0.6) is 0 Å². The second-order valence-electron chi connectivity index (χ2n) is 4.77. The van der Waals surface area contributed by atoms with Gasteiger partial charge in [-0.1, -0.05) is 11.6 Å². The molecule has 0 spiro atoms. The number of carbonyl (C=O) groups is 1. The van der Waals surface area contributed by atoms with Crippen molar-refractivity contribution in [3.8, 4) is 0 Å². The standard InChI is InChI=1S/C14H17ClN4O2/c1-7-4-11(9(3)21-7)8(2)17-14(20)10-5-12(15)18-13(6-10)19-16/h4-6,8H,16H2,1-3H3,(H,17,20)(H,18,19). The summed E-state index contributed by atoms with van der Waals surface area (Å²) in [6.07, 6.45) is 0. The van der Waals surface area contributed by atoms with Gasteiger partial charge in [-0.3, -0.25) is 4.79 Å². The third-order valence-corrected chi connectivity index (χ3v) is 3.29. The normalized spacial score (nSPS) is 12.0. The molecule has 2 heterocycles. The summed E-state index contributed by atoms with van der Waals surface area (Å²) in [6, 6.07) is 4.74. The van der Waals surface area contributed by atoms with Crippen molar-refractivity contribution in [1.29, 1.82) is 0 Å². The second kappa shape index (κ2) is 6.15. The van der Waals surface area contributed by atoms with E-state index in [1.807, 2.05) is 26.8 Å². The predicted octanol–water partition coefficient (Wildman–Crippen LogP) is 2.72. The van der Waals surface area contributed by atoms with Crippen molar-refractivity contribution in [2.45, 2.75) is 26.8 Å². The van der Waals surface area contributed by atoms with Crippen LogP contribution >= 0.6 is 11.6 Å². The molecule has 0 aliphatic rings. The van der Waals surface area contributed by atoms with Gasteiger partial charge >= 0.3 is 0 Å². The van der Waals surface area contributed by atoms with E-state index in [1.165, 1.54) is 12.1 Å². The van der Waals surface area contributed by atoms with E-state index in [0.717, 1.165) is 17.1 Å². The number of hydrogen-bond acceptors (Lipinski definition) is 5. The predicted molar refractivity (Wildman–Crippen MR) is 81.1 cm³/mol. The molecule has 21 heavy (non-hydrogen) atoms. The van der Waals surface area contributed by atoms with Crippen LogP contribution in [-0.2, 0) is 0 Å². The fourth-order valence-electron chi connectivity index (χ4n) is 2.14. The van der Waals surface area contributed by atoms with Crippen LogP contribution in [0.15, 0.2) is 22.6 Å². The number of nitrogen functional groups attached to an aromatic ring is 1. The maximum Gasteiger partial charge on any atom is 0.252 e. The Morgan fingerprint density at radius 3 is 2.67 bits per heavy atom. The van der Waals surface area contributed by atoms with Gasteiger partial charge < -0.3 is 15.2 Å². The fraction of sp³-hybridized carbons (Fsp3) is 0.286. The van der Waals surface area contributed by atoms with Gasteiger partial charge in [-0.2, -0.15) is 0 Å². The molecule has 0 aliphatic carbocycles. The number of nitrogens with zero attached hydrogens (tertiary/aromatic N) is 1. The van der Waals surface area contributed by atoms with Crippen LogP contribution in [0.3, 0.4) is 0 Å². The van der Waals surface area contributed by atoms with E-state index in [4.69, 9.17) is 21.9 Å². The molecular formula is C14H17ClN4O2. The van der Waals surface area contributed by atoms with E-state index in [1.54, 1.807) is 0 Å². The molecule has 0 bridgehead atoms. The van der Waals surface area contributed by atoms with Crippen LogP contribution in [0, 0.1) is 13.8 Å². The van der Waals surface area contributed by atoms with E-state index < -0.39 is 0 Å². The fourth-order valence-corrected chi connectivity index (χ4v) is 2.35. The van der Waals surface area contributed by atoms with Crippen molar-refractivity contribution in [2.75, 3.05) is 5.43 Å². The summed E-state index contributed by atoms with van der Waals surface area (Å²) >= 11 is 5.85. The van der Waals surface area contributed by atoms with Crippen LogP contribution in [0.4, 0.5) is 5.82 Å². The third kappa shape index (κ3) is 3.53. The molecule has 2 aromatic rings. The monoisotopic (exact) mass is 308 g/mol. The first-order chi connectivity index (χ1) is 9.90. The number of hydrogen-bond donors (Lipinski definition) is 3. The molecule has 0 aliphatic heterocycles. The molecule has 2 aromatic heterocycles. The summed E-state index contributed by atoms with van der Waals surface area (Å²) in [5.74, 6) is 6.95. The van der Waals surface area contributed by atoms with Crippen molar-refractivity contribution in [3.63, 3.8) is 0 Å². The Balaban J connectivity index is 2.18. The number of furan rings is 1. The first kappa shape index (κ1) is 15.3. The van der Waals surface area contributed by atoms with Crippen LogP contribution in [-0.4, -0.2) is 10.9 Å². The van der Waals surface area contributed by atoms with E-state index in [2.05, 4.69) is 15.7 Å². The zero-order valence-electron chi connectivity index (χ0n) is 12.0. The van der Waals surface area contributed by atoms with Crippen molar-refractivity contribution < 1.29 is 9.21 Å². The first-order valence-corrected chi connectivity index (χ1v) is 6.80. The summed E-state index contributed by atoms with van der Waals surface area (Å²) in [4.78, 5) is 16.2. The highest BCUT2D eigenvalue weighted by Gasteiger charge is 2.17. The van der Waals surface area contributed by atoms with Crippen LogP contribution in [0.1, 0.15) is 40.4 Å². The summed E-state index contributed by atoms with van der Waals surface area (Å²) in [5.41, 5.74) is 3.69. The lowest BCUT2D eigenvalue weighted by Gasteiger charge is -2.13. The summed E-state index contributed by atoms with van der Waals surface area (Å²) in [7, 11) is 0. The zero-order chi connectivity index (χ0) is 15.6. The molecule has 2 rings (SSSR count). The minimum absolute atomic E-state index is 0.184. The molecule has 0 fully saturated rings. The number of pyridine rings is 1. The minimum atomic E-state index is -0.262. The highest BCUT2D eigenvalue weighted by Crippen LogP contribution is 2.22. The Morgan fingerprint density at radius 2 is 2.10 bits per heavy atom. The van der Waals surface area contributed by atoms with Crippen LogP contribution < -0.4 is 16.6 Å². The first-order valence-electron chi connectivity index (χ1n) is 6.42. The maximum atomic E-state index is 12.3. The zero-order valence-corrected chi connectivity index (χ0v) is 12.8. The molecule has 0 saturated heterocycles. The Kier molecular flexibility index (Phi) is 4.50. The number of aromatic nitrogens is 1. The molecular weight excluding hydrogens is 292 g/mol. The number of aryl methyl sites for hydroxylation is 2. The molecule has 7 heteroatoms. The largest absolute Gasteiger partial charge is 0.466 e. The van der Waals surface area contributed by atoms with E-state index in [9.17, 15) is 4.79 Å². The van der Waals surface area contributed by atoms with Crippen LogP contribution in [0.25, 0.3) is 0 Å². The maximum absolute atomic E-state index is 12.3. The number of nitrogens with two attached hydrogens (primary N) is 1. The third-order valence-electron chi connectivity index (χ3n) is 3.10. The Bertz CT molecular complexity index is 669. The van der Waals surface area contributed by atoms with Gasteiger partial charge in [-0.25, -0.2) is 10.8 Å². The van der Waals surface area contributed by atoms with E-state index in [-0.39, 0.29) is 17.1 Å². The van der Waals surface area contributed by atoms with Crippen LogP contribution in [0.2, 0.25) is 5.15 Å². The van der Waals surface area contributed by atoms with Gasteiger partial charge in [-0.05, 0) is 39.0 Å². The summed E-state index contributed by atoms with van der Waals surface area (Å²) in [5, 5.41) is 3.08. The molecule has 112 valence electrons. The number of nitrogens with one attached hydrogen (secondary N) is 2. The molecule has 0 radical (unpaired) electrons. The summed E-state index contributed by atoms with van der Waals surface area (Å²) < 4.78 is 5.47. The van der Waals surface area contributed by atoms with Gasteiger partial charge in [0.15, 0.2) is 0 Å². The lowest BCUT2D eigenvalue weighted by molar-refractivity contribution is 0.0939. The van der Waals surface area contributed by atoms with E-state index in [0.29, 0.717) is 11.4 Å². The molecule has 1 atom stereocenters. The number of carbonyl (C=O) groups excluding carboxylic acids is 1. The number of halogens is 1. The quantitative estimate of drug-likeness (QED) is 0.459. The van der Waals surface area contributed by atoms with Crippen molar-refractivity contribution >= 4 is 23.3 Å². The summed E-state index contributed by atoms with van der Waals surface area (Å²) in [6.45, 7) is 5.62. The number of anilines is 1. The van der Waals surface area contributed by atoms with Crippen molar-refractivity contribution in [3.05, 3.63) is 46.0 Å². The van der Waals surface area contributed by atoms with Gasteiger partial charge in [0, 0.05) is 11.1 Å². The van der Waals surface area contributed by atoms with Gasteiger partial charge in [-0.15, -0.1) is 0 Å². The smallest absolute Gasteiger partial charge is 0.252 e. The molecule has 0 aromatic carbocycles. The highest BCUT2D eigenvalue weighted by atomic mass is 35.5. The SMILES string of the molecule is Cc1cc(C(C)NC(=O)c2cc(Cl)nc(NN)c2)c(C)o1. The average Bonchev–Trinajstić information content (AvgIpc) is 2.76. The number of rotatable bonds is 4. The lowest BCUT2D eigenvalue weighted by Crippen LogP contribution is -2.27. The van der Waals surface area contributed by atoms with Crippen molar-refractivity contribution in [1.82, 2.24) is 10.3 Å². The molecule has 1 unspecified atom stereocenters. The van der Waals surface area contributed by atoms with Gasteiger partial charge in [0.1, 0.15) is 22.5 Å². The highest BCUT2D eigenvalue weighted by molar-refractivity contribution is 6.29. The van der Waals surface area contributed by atoms with Gasteiger partial charge in [0.25, 0.3) is 5.91 Å². The number of hydrazine groups is 1. The second-order valence-corrected chi connectivity index (χ2v) is 5.16. The van der Waals surface area contributed by atoms with Gasteiger partial charge in [0.05, 0.1) is 6.04 Å². The topological polar surface area (TPSA) is 93.2 Å². The average molecular weight is 309 g/mol. The van der Waals surface area contributed by atoms with E-state index >= 15 is 0 Å². The van der Waals surface area contributed by atoms with Gasteiger partial charge in [0.2, 0.25) is 0 Å². The Hall–Kier alpha value is -2.05. The number of amides is 1. The molecule has 4 N–H and O–H groups in total. The molecule has 1 amide bonds.